The van der Waals surface area contributed by atoms with Gasteiger partial charge in [-0.05, 0) is 61.2 Å². The molecule has 0 radical (unpaired) electrons. The van der Waals surface area contributed by atoms with Crippen LogP contribution in [-0.4, -0.2) is 29.1 Å². The Kier molecular flexibility index (Phi) is 5.43. The highest BCUT2D eigenvalue weighted by atomic mass is 32.2. The Balaban J connectivity index is 1.90. The number of nitrogens with one attached hydrogen (secondary N) is 1. The topological polar surface area (TPSA) is 83.6 Å². The molecule has 0 aliphatic carbocycles. The molecule has 2 aromatic rings. The summed E-state index contributed by atoms with van der Waals surface area (Å²) in [6, 6.07) is 9.53. The molecule has 0 atom stereocenters. The second kappa shape index (κ2) is 7.47. The lowest BCUT2D eigenvalue weighted by Crippen LogP contribution is -2.37. The van der Waals surface area contributed by atoms with Crippen LogP contribution >= 0.6 is 0 Å². The van der Waals surface area contributed by atoms with Gasteiger partial charge in [-0.3, -0.25) is 9.03 Å². The number of sulfonamides is 2. The standard InChI is InChI=1S/C18H21FN2O4S2/c1-2-11-26(22,23)21-10-4-5-14-12-16(8-9-18(14)21)20-27(24,25)17-7-3-6-15(19)13-17/h3,6-9,12-13,20H,2,4-5,10-11H2,1H3. The molecule has 1 N–H and O–H groups in total. The van der Waals surface area contributed by atoms with Crippen LogP contribution in [0.4, 0.5) is 15.8 Å². The van der Waals surface area contributed by atoms with Gasteiger partial charge in [-0.2, -0.15) is 0 Å². The highest BCUT2D eigenvalue weighted by molar-refractivity contribution is 7.93. The lowest BCUT2D eigenvalue weighted by Gasteiger charge is -2.30. The molecule has 0 unspecified atom stereocenters. The summed E-state index contributed by atoms with van der Waals surface area (Å²) >= 11 is 0. The summed E-state index contributed by atoms with van der Waals surface area (Å²) < 4.78 is 67.0. The average molecular weight is 413 g/mol. The zero-order valence-electron chi connectivity index (χ0n) is 14.9. The van der Waals surface area contributed by atoms with Crippen LogP contribution in [0.5, 0.6) is 0 Å². The summed E-state index contributed by atoms with van der Waals surface area (Å²) in [6.07, 6.45) is 1.85. The fourth-order valence-electron chi connectivity index (χ4n) is 3.13. The van der Waals surface area contributed by atoms with Crippen molar-refractivity contribution in [2.45, 2.75) is 31.1 Å². The Morgan fingerprint density at radius 1 is 1.11 bits per heavy atom. The number of aryl methyl sites for hydroxylation is 1. The molecule has 1 aliphatic rings. The van der Waals surface area contributed by atoms with Gasteiger partial charge in [0.15, 0.2) is 0 Å². The van der Waals surface area contributed by atoms with Crippen LogP contribution in [0.3, 0.4) is 0 Å². The first-order chi connectivity index (χ1) is 12.7. The van der Waals surface area contributed by atoms with Gasteiger partial charge < -0.3 is 0 Å². The van der Waals surface area contributed by atoms with Gasteiger partial charge in [-0.25, -0.2) is 21.2 Å². The molecule has 0 saturated heterocycles. The van der Waals surface area contributed by atoms with Crippen molar-refractivity contribution in [2.24, 2.45) is 0 Å². The zero-order chi connectivity index (χ0) is 19.7. The SMILES string of the molecule is CCCS(=O)(=O)N1CCCc2cc(NS(=O)(=O)c3cccc(F)c3)ccc21. The number of rotatable bonds is 6. The van der Waals surface area contributed by atoms with E-state index in [0.717, 1.165) is 11.6 Å². The third kappa shape index (κ3) is 4.24. The van der Waals surface area contributed by atoms with Crippen molar-refractivity contribution in [3.63, 3.8) is 0 Å². The zero-order valence-corrected chi connectivity index (χ0v) is 16.5. The van der Waals surface area contributed by atoms with E-state index in [0.29, 0.717) is 37.2 Å². The first-order valence-electron chi connectivity index (χ1n) is 8.65. The van der Waals surface area contributed by atoms with Gasteiger partial charge >= 0.3 is 0 Å². The van der Waals surface area contributed by atoms with Crippen LogP contribution < -0.4 is 9.03 Å². The first-order valence-corrected chi connectivity index (χ1v) is 11.7. The van der Waals surface area contributed by atoms with Crippen molar-refractivity contribution in [3.05, 3.63) is 53.8 Å². The minimum Gasteiger partial charge on any atom is -0.280 e. The molecule has 0 saturated carbocycles. The Labute approximate surface area is 159 Å². The summed E-state index contributed by atoms with van der Waals surface area (Å²) in [4.78, 5) is -0.174. The molecule has 0 spiro atoms. The summed E-state index contributed by atoms with van der Waals surface area (Å²) in [5.74, 6) is -0.569. The molecular weight excluding hydrogens is 391 g/mol. The Morgan fingerprint density at radius 2 is 1.89 bits per heavy atom. The minimum absolute atomic E-state index is 0.0698. The highest BCUT2D eigenvalue weighted by Gasteiger charge is 2.27. The van der Waals surface area contributed by atoms with Crippen LogP contribution in [-0.2, 0) is 26.5 Å². The summed E-state index contributed by atoms with van der Waals surface area (Å²) in [6.45, 7) is 2.23. The fourth-order valence-corrected chi connectivity index (χ4v) is 5.83. The van der Waals surface area contributed by atoms with Gasteiger partial charge in [-0.15, -0.1) is 0 Å². The van der Waals surface area contributed by atoms with Gasteiger partial charge in [-0.1, -0.05) is 13.0 Å². The first kappa shape index (κ1) is 19.6. The molecule has 146 valence electrons. The third-order valence-corrected chi connectivity index (χ3v) is 7.67. The molecular formula is C18H21FN2O4S2. The van der Waals surface area contributed by atoms with Crippen LogP contribution in [0, 0.1) is 5.82 Å². The number of benzene rings is 2. The van der Waals surface area contributed by atoms with E-state index in [1.165, 1.54) is 28.6 Å². The lowest BCUT2D eigenvalue weighted by molar-refractivity contribution is 0.585. The van der Waals surface area contributed by atoms with E-state index in [9.17, 15) is 21.2 Å². The second-order valence-electron chi connectivity index (χ2n) is 6.40. The predicted molar refractivity (Wildman–Crippen MR) is 103 cm³/mol. The minimum atomic E-state index is -3.93. The number of nitrogens with zero attached hydrogens (tertiary/aromatic N) is 1. The molecule has 0 fully saturated rings. The number of hydrogen-bond acceptors (Lipinski definition) is 4. The molecule has 6 nitrogen and oxygen atoms in total. The van der Waals surface area contributed by atoms with Crippen molar-refractivity contribution in [1.82, 2.24) is 0 Å². The van der Waals surface area contributed by atoms with Crippen LogP contribution in [0.2, 0.25) is 0 Å². The monoisotopic (exact) mass is 412 g/mol. The quantitative estimate of drug-likeness (QED) is 0.790. The molecule has 9 heteroatoms. The molecule has 0 bridgehead atoms. The maximum Gasteiger partial charge on any atom is 0.261 e. The van der Waals surface area contributed by atoms with Gasteiger partial charge in [0, 0.05) is 12.2 Å². The van der Waals surface area contributed by atoms with Gasteiger partial charge in [0.2, 0.25) is 10.0 Å². The van der Waals surface area contributed by atoms with E-state index in [1.807, 2.05) is 6.92 Å². The maximum atomic E-state index is 13.3. The Hall–Kier alpha value is -2.13. The number of fused-ring (bicyclic) bond motifs is 1. The predicted octanol–water partition coefficient (Wildman–Crippen LogP) is 3.12. The number of anilines is 2. The van der Waals surface area contributed by atoms with Crippen molar-refractivity contribution < 1.29 is 21.2 Å². The summed E-state index contributed by atoms with van der Waals surface area (Å²) in [7, 11) is -7.32. The van der Waals surface area contributed by atoms with E-state index >= 15 is 0 Å². The van der Waals surface area contributed by atoms with E-state index in [-0.39, 0.29) is 10.6 Å². The largest absolute Gasteiger partial charge is 0.280 e. The average Bonchev–Trinajstić information content (AvgIpc) is 2.60. The fraction of sp³-hybridized carbons (Fsp3) is 0.333. The van der Waals surface area contributed by atoms with E-state index in [2.05, 4.69) is 4.72 Å². The van der Waals surface area contributed by atoms with Gasteiger partial charge in [0.05, 0.1) is 16.3 Å². The normalized spacial score (nSPS) is 14.7. The molecule has 2 aromatic carbocycles. The summed E-state index contributed by atoms with van der Waals surface area (Å²) in [5, 5.41) is 0. The molecule has 27 heavy (non-hydrogen) atoms. The third-order valence-electron chi connectivity index (χ3n) is 4.31. The van der Waals surface area contributed by atoms with Crippen molar-refractivity contribution >= 4 is 31.4 Å². The highest BCUT2D eigenvalue weighted by Crippen LogP contribution is 2.32. The lowest BCUT2D eigenvalue weighted by atomic mass is 10.0. The van der Waals surface area contributed by atoms with Crippen LogP contribution in [0.25, 0.3) is 0 Å². The maximum absolute atomic E-state index is 13.3. The molecule has 1 heterocycles. The molecule has 1 aliphatic heterocycles. The molecule has 0 aromatic heterocycles. The van der Waals surface area contributed by atoms with E-state index < -0.39 is 25.9 Å². The number of halogens is 1. The summed E-state index contributed by atoms with van der Waals surface area (Å²) in [5.41, 5.74) is 1.66. The van der Waals surface area contributed by atoms with Crippen molar-refractivity contribution in [2.75, 3.05) is 21.3 Å². The van der Waals surface area contributed by atoms with Gasteiger partial charge in [0.25, 0.3) is 10.0 Å². The Bertz CT molecular complexity index is 1050. The number of hydrogen-bond donors (Lipinski definition) is 1. The Morgan fingerprint density at radius 3 is 2.59 bits per heavy atom. The second-order valence-corrected chi connectivity index (χ2v) is 10.1. The van der Waals surface area contributed by atoms with Crippen molar-refractivity contribution in [1.29, 1.82) is 0 Å². The molecule has 3 rings (SSSR count). The van der Waals surface area contributed by atoms with E-state index in [1.54, 1.807) is 12.1 Å². The van der Waals surface area contributed by atoms with Gasteiger partial charge in [0.1, 0.15) is 5.82 Å². The van der Waals surface area contributed by atoms with E-state index in [4.69, 9.17) is 0 Å². The molecule has 0 amide bonds. The van der Waals surface area contributed by atoms with Crippen molar-refractivity contribution in [3.8, 4) is 0 Å². The smallest absolute Gasteiger partial charge is 0.261 e. The van der Waals surface area contributed by atoms with Crippen LogP contribution in [0.15, 0.2) is 47.4 Å². The van der Waals surface area contributed by atoms with Crippen LogP contribution in [0.1, 0.15) is 25.3 Å².